The molecule has 0 bridgehead atoms. The topological polar surface area (TPSA) is 121 Å². The molecule has 0 radical (unpaired) electrons. The predicted molar refractivity (Wildman–Crippen MR) is 101 cm³/mol. The van der Waals surface area contributed by atoms with E-state index in [1.165, 1.54) is 0 Å². The molecule has 27 heavy (non-hydrogen) atoms. The normalized spacial score (nSPS) is 12.9. The summed E-state index contributed by atoms with van der Waals surface area (Å²) in [5.74, 6) is 0.304. The average Bonchev–Trinajstić information content (AvgIpc) is 2.62. The van der Waals surface area contributed by atoms with Gasteiger partial charge in [0.15, 0.2) is 12.6 Å². The number of phenols is 2. The van der Waals surface area contributed by atoms with E-state index in [1.54, 1.807) is 24.3 Å². The maximum Gasteiger partial charge on any atom is 0.151 e. The minimum atomic E-state index is -1.42. The maximum absolute atomic E-state index is 9.59. The molecule has 6 nitrogen and oxygen atoms in total. The van der Waals surface area contributed by atoms with Gasteiger partial charge in [0, 0.05) is 0 Å². The van der Waals surface area contributed by atoms with Gasteiger partial charge in [-0.05, 0) is 79.3 Å². The van der Waals surface area contributed by atoms with Crippen molar-refractivity contribution in [1.82, 2.24) is 0 Å². The smallest absolute Gasteiger partial charge is 0.151 e. The van der Waals surface area contributed by atoms with Crippen LogP contribution in [0.25, 0.3) is 0 Å². The van der Waals surface area contributed by atoms with Gasteiger partial charge in [-0.25, -0.2) is 0 Å². The molecule has 1 unspecified atom stereocenters. The molecule has 1 atom stereocenters. The van der Waals surface area contributed by atoms with Crippen LogP contribution in [-0.2, 0) is 6.42 Å². The van der Waals surface area contributed by atoms with Crippen molar-refractivity contribution in [2.24, 2.45) is 5.92 Å². The molecule has 2 aromatic carbocycles. The molecule has 2 aromatic rings. The van der Waals surface area contributed by atoms with Crippen LogP contribution < -0.4 is 0 Å². The third-order valence-electron chi connectivity index (χ3n) is 4.87. The third-order valence-corrected chi connectivity index (χ3v) is 4.87. The van der Waals surface area contributed by atoms with Crippen LogP contribution in [0.5, 0.6) is 11.5 Å². The lowest BCUT2D eigenvalue weighted by molar-refractivity contribution is -0.0568. The summed E-state index contributed by atoms with van der Waals surface area (Å²) in [4.78, 5) is 0. The summed E-state index contributed by atoms with van der Waals surface area (Å²) >= 11 is 0. The second kappa shape index (κ2) is 10.3. The van der Waals surface area contributed by atoms with E-state index in [0.717, 1.165) is 11.1 Å². The Morgan fingerprint density at radius 3 is 1.48 bits per heavy atom. The van der Waals surface area contributed by atoms with Crippen LogP contribution in [0.1, 0.15) is 42.7 Å². The molecule has 0 aliphatic heterocycles. The standard InChI is InChI=1S/C21H28O6/c22-17-7-1-14(2-8-17)13-19(15-3-9-18(23)10-4-15)16(5-11-20(24)25)6-12-21(26)27/h1-4,7-10,16,19-27H,5-6,11-13H2. The molecule has 0 spiro atoms. The fourth-order valence-corrected chi connectivity index (χ4v) is 3.44. The quantitative estimate of drug-likeness (QED) is 0.354. The molecule has 0 aliphatic carbocycles. The average molecular weight is 376 g/mol. The van der Waals surface area contributed by atoms with Gasteiger partial charge in [-0.2, -0.15) is 0 Å². The van der Waals surface area contributed by atoms with Crippen LogP contribution in [0.15, 0.2) is 48.5 Å². The van der Waals surface area contributed by atoms with Crippen molar-refractivity contribution in [1.29, 1.82) is 0 Å². The summed E-state index contributed by atoms with van der Waals surface area (Å²) in [6.07, 6.45) is -0.797. The van der Waals surface area contributed by atoms with E-state index in [4.69, 9.17) is 0 Å². The lowest BCUT2D eigenvalue weighted by Gasteiger charge is -2.29. The first-order valence-corrected chi connectivity index (χ1v) is 9.14. The zero-order valence-corrected chi connectivity index (χ0v) is 15.1. The number of phenolic OH excluding ortho intramolecular Hbond substituents is 2. The molecule has 0 heterocycles. The van der Waals surface area contributed by atoms with E-state index in [0.29, 0.717) is 19.3 Å². The van der Waals surface area contributed by atoms with Gasteiger partial charge in [0.2, 0.25) is 0 Å². The number of aliphatic hydroxyl groups is 4. The Morgan fingerprint density at radius 1 is 0.593 bits per heavy atom. The summed E-state index contributed by atoms with van der Waals surface area (Å²) in [7, 11) is 0. The summed E-state index contributed by atoms with van der Waals surface area (Å²) < 4.78 is 0. The van der Waals surface area contributed by atoms with Crippen LogP contribution in [0.2, 0.25) is 0 Å². The number of benzene rings is 2. The van der Waals surface area contributed by atoms with Crippen LogP contribution in [0, 0.1) is 5.92 Å². The number of aromatic hydroxyl groups is 2. The Kier molecular flexibility index (Phi) is 8.06. The van der Waals surface area contributed by atoms with Crippen molar-refractivity contribution < 1.29 is 30.6 Å². The van der Waals surface area contributed by atoms with E-state index in [2.05, 4.69) is 0 Å². The number of hydrogen-bond donors (Lipinski definition) is 6. The van der Waals surface area contributed by atoms with Crippen LogP contribution in [0.4, 0.5) is 0 Å². The molecule has 0 aromatic heterocycles. The molecular weight excluding hydrogens is 348 g/mol. The molecular formula is C21H28O6. The molecule has 6 N–H and O–H groups in total. The van der Waals surface area contributed by atoms with E-state index in [1.807, 2.05) is 24.3 Å². The van der Waals surface area contributed by atoms with Crippen molar-refractivity contribution in [3.63, 3.8) is 0 Å². The second-order valence-electron chi connectivity index (χ2n) is 6.94. The molecule has 148 valence electrons. The fourth-order valence-electron chi connectivity index (χ4n) is 3.44. The Hall–Kier alpha value is -2.12. The van der Waals surface area contributed by atoms with Gasteiger partial charge in [0.05, 0.1) is 0 Å². The van der Waals surface area contributed by atoms with Gasteiger partial charge in [-0.1, -0.05) is 24.3 Å². The van der Waals surface area contributed by atoms with Crippen molar-refractivity contribution >= 4 is 0 Å². The van der Waals surface area contributed by atoms with E-state index in [-0.39, 0.29) is 36.2 Å². The predicted octanol–water partition coefficient (Wildman–Crippen LogP) is 2.22. The number of rotatable bonds is 10. The number of aliphatic hydroxyl groups excluding tert-OH is 2. The zero-order chi connectivity index (χ0) is 19.8. The highest BCUT2D eigenvalue weighted by atomic mass is 16.5. The van der Waals surface area contributed by atoms with Crippen LogP contribution in [-0.4, -0.2) is 43.2 Å². The summed E-state index contributed by atoms with van der Waals surface area (Å²) in [6.45, 7) is 0. The van der Waals surface area contributed by atoms with Crippen molar-refractivity contribution in [2.45, 2.75) is 50.6 Å². The minimum Gasteiger partial charge on any atom is -0.508 e. The second-order valence-corrected chi connectivity index (χ2v) is 6.94. The van der Waals surface area contributed by atoms with Crippen molar-refractivity contribution in [3.05, 3.63) is 59.7 Å². The van der Waals surface area contributed by atoms with E-state index < -0.39 is 12.6 Å². The summed E-state index contributed by atoms with van der Waals surface area (Å²) in [5.41, 5.74) is 1.98. The monoisotopic (exact) mass is 376 g/mol. The van der Waals surface area contributed by atoms with Crippen LogP contribution >= 0.6 is 0 Å². The highest BCUT2D eigenvalue weighted by molar-refractivity contribution is 5.32. The van der Waals surface area contributed by atoms with Gasteiger partial charge < -0.3 is 30.6 Å². The van der Waals surface area contributed by atoms with Crippen molar-refractivity contribution in [3.8, 4) is 11.5 Å². The fraction of sp³-hybridized carbons (Fsp3) is 0.429. The molecule has 0 aliphatic rings. The molecule has 0 fully saturated rings. The molecule has 6 heteroatoms. The first kappa shape index (κ1) is 21.2. The van der Waals surface area contributed by atoms with Gasteiger partial charge in [-0.3, -0.25) is 0 Å². The Labute approximate surface area is 159 Å². The van der Waals surface area contributed by atoms with Gasteiger partial charge in [0.25, 0.3) is 0 Å². The van der Waals surface area contributed by atoms with Gasteiger partial charge in [-0.15, -0.1) is 0 Å². The maximum atomic E-state index is 9.59. The Bertz CT molecular complexity index is 654. The first-order valence-electron chi connectivity index (χ1n) is 9.14. The first-order chi connectivity index (χ1) is 12.8. The molecule has 0 amide bonds. The van der Waals surface area contributed by atoms with Crippen molar-refractivity contribution in [2.75, 3.05) is 0 Å². The number of hydrogen-bond acceptors (Lipinski definition) is 6. The summed E-state index contributed by atoms with van der Waals surface area (Å²) in [6, 6.07) is 13.8. The van der Waals surface area contributed by atoms with Crippen LogP contribution in [0.3, 0.4) is 0 Å². The van der Waals surface area contributed by atoms with Gasteiger partial charge in [0.1, 0.15) is 11.5 Å². The Morgan fingerprint density at radius 2 is 1.04 bits per heavy atom. The highest BCUT2D eigenvalue weighted by Gasteiger charge is 2.25. The lowest BCUT2D eigenvalue weighted by atomic mass is 9.77. The lowest BCUT2D eigenvalue weighted by Crippen LogP contribution is -2.20. The van der Waals surface area contributed by atoms with E-state index in [9.17, 15) is 30.6 Å². The SMILES string of the molecule is Oc1ccc(CC(c2ccc(O)cc2)C(CCC(O)O)CCC(O)O)cc1. The minimum absolute atomic E-state index is 0.0207. The summed E-state index contributed by atoms with van der Waals surface area (Å²) in [5, 5.41) is 56.2. The van der Waals surface area contributed by atoms with Gasteiger partial charge >= 0.3 is 0 Å². The Balaban J connectivity index is 2.29. The molecule has 0 saturated heterocycles. The van der Waals surface area contributed by atoms with E-state index >= 15 is 0 Å². The highest BCUT2D eigenvalue weighted by Crippen LogP contribution is 2.36. The third kappa shape index (κ3) is 7.19. The molecule has 2 rings (SSSR count). The largest absolute Gasteiger partial charge is 0.508 e. The molecule has 0 saturated carbocycles. The zero-order valence-electron chi connectivity index (χ0n) is 15.1.